The van der Waals surface area contributed by atoms with Crippen molar-refractivity contribution in [3.63, 3.8) is 0 Å². The Morgan fingerprint density at radius 3 is 2.30 bits per heavy atom. The van der Waals surface area contributed by atoms with E-state index >= 15 is 0 Å². The van der Waals surface area contributed by atoms with E-state index in [9.17, 15) is 18.7 Å². The predicted octanol–water partition coefficient (Wildman–Crippen LogP) is 8.63. The van der Waals surface area contributed by atoms with Crippen LogP contribution in [-0.2, 0) is 9.53 Å². The van der Waals surface area contributed by atoms with E-state index in [0.29, 0.717) is 28.4 Å². The number of hydrogen-bond donors (Lipinski definition) is 3. The molecule has 0 aliphatic carbocycles. The molecule has 0 fully saturated rings. The number of anilines is 2. The first-order chi connectivity index (χ1) is 20.5. The van der Waals surface area contributed by atoms with Gasteiger partial charge >= 0.3 is 5.97 Å². The predicted molar refractivity (Wildman–Crippen MR) is 178 cm³/mol. The highest BCUT2D eigenvalue weighted by Crippen LogP contribution is 2.62. The average Bonchev–Trinajstić information content (AvgIpc) is 3.06. The zero-order valence-corrected chi connectivity index (χ0v) is 28.0. The van der Waals surface area contributed by atoms with Crippen LogP contribution in [0.5, 0.6) is 5.75 Å². The Hall–Kier alpha value is -2.66. The van der Waals surface area contributed by atoms with Gasteiger partial charge in [-0.15, -0.1) is 11.8 Å². The average molecular weight is 633 g/mol. The van der Waals surface area contributed by atoms with Crippen LogP contribution >= 0.6 is 22.4 Å². The molecule has 0 radical (unpaired) electrons. The highest BCUT2D eigenvalue weighted by molar-refractivity contribution is 8.24. The summed E-state index contributed by atoms with van der Waals surface area (Å²) in [5.41, 5.74) is 1.82. The first-order valence-corrected chi connectivity index (χ1v) is 18.1. The molecule has 0 aromatic heterocycles. The zero-order valence-electron chi connectivity index (χ0n) is 26.4. The van der Waals surface area contributed by atoms with Gasteiger partial charge in [-0.1, -0.05) is 39.5 Å². The van der Waals surface area contributed by atoms with Gasteiger partial charge in [-0.05, 0) is 70.2 Å². The van der Waals surface area contributed by atoms with E-state index in [-0.39, 0.29) is 29.7 Å². The Morgan fingerprint density at radius 2 is 1.74 bits per heavy atom. The summed E-state index contributed by atoms with van der Waals surface area (Å²) in [6.45, 7) is 10.8. The summed E-state index contributed by atoms with van der Waals surface area (Å²) in [6.07, 6.45) is 10.2. The van der Waals surface area contributed by atoms with E-state index in [1.54, 1.807) is 13.0 Å². The molecular weight excluding hydrogens is 585 g/mol. The van der Waals surface area contributed by atoms with Gasteiger partial charge in [-0.3, -0.25) is 13.9 Å². The number of hydrogen-bond acceptors (Lipinski definition) is 8. The van der Waals surface area contributed by atoms with Gasteiger partial charge in [0.2, 0.25) is 0 Å². The summed E-state index contributed by atoms with van der Waals surface area (Å²) in [5, 5.41) is 2.94. The summed E-state index contributed by atoms with van der Waals surface area (Å²) in [5.74, 6) is 0.0481. The minimum absolute atomic E-state index is 0.0288. The second-order valence-corrected chi connectivity index (χ2v) is 14.3. The maximum atomic E-state index is 12.7. The Balaban J connectivity index is 2.17. The van der Waals surface area contributed by atoms with Crippen molar-refractivity contribution in [2.24, 2.45) is 5.41 Å². The van der Waals surface area contributed by atoms with E-state index in [1.807, 2.05) is 50.4 Å². The van der Waals surface area contributed by atoms with Crippen LogP contribution in [0.2, 0.25) is 0 Å². The molecule has 1 aliphatic heterocycles. The molecular formula is C33H48N2O6S2. The van der Waals surface area contributed by atoms with E-state index in [0.717, 1.165) is 49.1 Å². The fourth-order valence-corrected chi connectivity index (χ4v) is 8.21. The number of unbranched alkanes of at least 4 members (excludes halogenated alkanes) is 2. The SMILES string of the molecule is CCCCC1(CCCC)CN(c2ccc(C(=O)NC(C)C)cc2)c2cc(SC)c(O/C=C/C(=O)OCC)cc2S(O)(O)C1. The third-order valence-corrected chi connectivity index (χ3v) is 10.4. The summed E-state index contributed by atoms with van der Waals surface area (Å²) >= 11 is 1.47. The number of rotatable bonds is 14. The van der Waals surface area contributed by atoms with Crippen molar-refractivity contribution in [1.29, 1.82) is 0 Å². The lowest BCUT2D eigenvalue weighted by Gasteiger charge is -2.42. The molecule has 0 spiro atoms. The van der Waals surface area contributed by atoms with Crippen molar-refractivity contribution in [3.8, 4) is 5.75 Å². The minimum atomic E-state index is -3.23. The summed E-state index contributed by atoms with van der Waals surface area (Å²) in [7, 11) is -3.23. The topological polar surface area (TPSA) is 108 Å². The van der Waals surface area contributed by atoms with Crippen LogP contribution in [0, 0.1) is 5.41 Å². The molecule has 3 rings (SSSR count). The van der Waals surface area contributed by atoms with Crippen molar-refractivity contribution < 1.29 is 28.2 Å². The molecule has 2 aromatic rings. The van der Waals surface area contributed by atoms with Crippen LogP contribution in [0.25, 0.3) is 0 Å². The van der Waals surface area contributed by atoms with Gasteiger partial charge in [0.15, 0.2) is 0 Å². The number of thioether (sulfide) groups is 1. The second kappa shape index (κ2) is 15.9. The van der Waals surface area contributed by atoms with Crippen LogP contribution in [0.4, 0.5) is 11.4 Å². The number of amides is 1. The highest BCUT2D eigenvalue weighted by Gasteiger charge is 2.42. The zero-order chi connectivity index (χ0) is 31.6. The summed E-state index contributed by atoms with van der Waals surface area (Å²) in [4.78, 5) is 27.9. The lowest BCUT2D eigenvalue weighted by molar-refractivity contribution is -0.137. The molecule has 0 atom stereocenters. The third-order valence-electron chi connectivity index (χ3n) is 7.56. The van der Waals surface area contributed by atoms with Crippen molar-refractivity contribution in [2.45, 2.75) is 89.0 Å². The maximum absolute atomic E-state index is 12.7. The Bertz CT molecular complexity index is 1250. The third kappa shape index (κ3) is 9.17. The number of carbonyl (C=O) groups excluding carboxylic acids is 2. The Kier molecular flexibility index (Phi) is 12.9. The van der Waals surface area contributed by atoms with Gasteiger partial charge in [0, 0.05) is 41.1 Å². The van der Waals surface area contributed by atoms with Crippen LogP contribution < -0.4 is 15.0 Å². The molecule has 1 amide bonds. The second-order valence-electron chi connectivity index (χ2n) is 11.4. The molecule has 0 saturated carbocycles. The Labute approximate surface area is 263 Å². The first-order valence-electron chi connectivity index (χ1n) is 15.2. The quantitative estimate of drug-likeness (QED) is 0.0822. The first kappa shape index (κ1) is 34.8. The fraction of sp³-hybridized carbons (Fsp3) is 0.515. The largest absolute Gasteiger partial charge is 0.463 e. The maximum Gasteiger partial charge on any atom is 0.333 e. The number of nitrogens with zero attached hydrogens (tertiary/aromatic N) is 1. The van der Waals surface area contributed by atoms with Crippen LogP contribution in [0.1, 0.15) is 83.5 Å². The molecule has 3 N–H and O–H groups in total. The van der Waals surface area contributed by atoms with Crippen molar-refractivity contribution >= 4 is 45.6 Å². The Morgan fingerprint density at radius 1 is 1.09 bits per heavy atom. The highest BCUT2D eigenvalue weighted by atomic mass is 32.3. The van der Waals surface area contributed by atoms with Crippen LogP contribution in [0.15, 0.2) is 58.5 Å². The molecule has 0 saturated heterocycles. The number of nitrogens with one attached hydrogen (secondary N) is 1. The molecule has 238 valence electrons. The normalized spacial score (nSPS) is 16.4. The van der Waals surface area contributed by atoms with Gasteiger partial charge in [-0.25, -0.2) is 4.79 Å². The summed E-state index contributed by atoms with van der Waals surface area (Å²) in [6, 6.07) is 11.2. The van der Waals surface area contributed by atoms with Crippen LogP contribution in [0.3, 0.4) is 0 Å². The van der Waals surface area contributed by atoms with Gasteiger partial charge < -0.3 is 19.7 Å². The number of carbonyl (C=O) groups is 2. The van der Waals surface area contributed by atoms with E-state index in [4.69, 9.17) is 9.47 Å². The fourth-order valence-electron chi connectivity index (χ4n) is 5.48. The molecule has 43 heavy (non-hydrogen) atoms. The smallest absolute Gasteiger partial charge is 0.333 e. The molecule has 1 aliphatic rings. The minimum Gasteiger partial charge on any atom is -0.463 e. The number of esters is 1. The van der Waals surface area contributed by atoms with E-state index in [1.165, 1.54) is 24.1 Å². The lowest BCUT2D eigenvalue weighted by atomic mass is 9.79. The van der Waals surface area contributed by atoms with Crippen LogP contribution in [-0.4, -0.2) is 52.2 Å². The van der Waals surface area contributed by atoms with Gasteiger partial charge in [0.25, 0.3) is 5.91 Å². The van der Waals surface area contributed by atoms with E-state index in [2.05, 4.69) is 24.1 Å². The van der Waals surface area contributed by atoms with Gasteiger partial charge in [0.05, 0.1) is 34.4 Å². The molecule has 0 unspecified atom stereocenters. The molecule has 10 heteroatoms. The molecule has 2 aromatic carbocycles. The van der Waals surface area contributed by atoms with Crippen molar-refractivity contribution in [1.82, 2.24) is 5.32 Å². The lowest BCUT2D eigenvalue weighted by Crippen LogP contribution is -2.38. The van der Waals surface area contributed by atoms with Crippen molar-refractivity contribution in [2.75, 3.05) is 30.1 Å². The van der Waals surface area contributed by atoms with Gasteiger partial charge in [0.1, 0.15) is 5.75 Å². The van der Waals surface area contributed by atoms with Crippen molar-refractivity contribution in [3.05, 3.63) is 54.3 Å². The molecule has 8 nitrogen and oxygen atoms in total. The molecule has 0 bridgehead atoms. The number of fused-ring (bicyclic) bond motifs is 1. The standard InChI is InChI=1S/C33H48N2O6S2/c1-7-10-17-33(18-11-8-2)22-35(26-14-12-25(13-15-26)32(37)34-24(4)5)27-20-29(42-6)28(21-30(27)43(38,39)23-33)41-19-16-31(36)40-9-3/h12-16,19-21,24,38-39H,7-11,17-18,22-23H2,1-6H3,(H,34,37)/b19-16+. The summed E-state index contributed by atoms with van der Waals surface area (Å²) < 4.78 is 34.6. The monoisotopic (exact) mass is 632 g/mol. The molecule has 1 heterocycles. The number of benzene rings is 2. The van der Waals surface area contributed by atoms with Gasteiger partial charge in [-0.2, -0.15) is 10.6 Å². The number of ether oxygens (including phenoxy) is 2. The van der Waals surface area contributed by atoms with E-state index < -0.39 is 16.6 Å².